The highest BCUT2D eigenvalue weighted by Crippen LogP contribution is 2.27. The summed E-state index contributed by atoms with van der Waals surface area (Å²) >= 11 is 0. The Labute approximate surface area is 116 Å². The van der Waals surface area contributed by atoms with Crippen LogP contribution in [0.3, 0.4) is 0 Å². The van der Waals surface area contributed by atoms with Gasteiger partial charge in [0.2, 0.25) is 0 Å². The fourth-order valence-corrected chi connectivity index (χ4v) is 1.73. The van der Waals surface area contributed by atoms with Crippen LogP contribution in [0.15, 0.2) is 24.5 Å². The number of alkyl halides is 2. The van der Waals surface area contributed by atoms with E-state index < -0.39 is 17.3 Å². The summed E-state index contributed by atoms with van der Waals surface area (Å²) in [4.78, 5) is 13.6. The summed E-state index contributed by atoms with van der Waals surface area (Å²) in [5.41, 5.74) is -0.178. The Kier molecular flexibility index (Phi) is 4.10. The van der Waals surface area contributed by atoms with E-state index in [1.807, 2.05) is 0 Å². The van der Waals surface area contributed by atoms with E-state index in [1.54, 1.807) is 0 Å². The van der Waals surface area contributed by atoms with Crippen LogP contribution in [-0.4, -0.2) is 14.5 Å². The van der Waals surface area contributed by atoms with Gasteiger partial charge in [-0.2, -0.15) is 8.78 Å². The van der Waals surface area contributed by atoms with E-state index >= 15 is 0 Å². The van der Waals surface area contributed by atoms with Crippen LogP contribution in [0.4, 0.5) is 18.9 Å². The molecule has 0 fully saturated rings. The molecule has 0 saturated heterocycles. The molecule has 0 aliphatic heterocycles. The van der Waals surface area contributed by atoms with Crippen LogP contribution < -0.4 is 4.74 Å². The van der Waals surface area contributed by atoms with Crippen molar-refractivity contribution in [3.05, 3.63) is 51.8 Å². The summed E-state index contributed by atoms with van der Waals surface area (Å²) in [6, 6.07) is 1.87. The number of hydrogen-bond acceptors (Lipinski definition) is 4. The Hall–Kier alpha value is -2.58. The molecule has 2 aromatic rings. The molecule has 1 heterocycles. The average molecular weight is 301 g/mol. The molecule has 112 valence electrons. The van der Waals surface area contributed by atoms with Crippen molar-refractivity contribution in [3.8, 4) is 5.75 Å². The zero-order chi connectivity index (χ0) is 15.6. The lowest BCUT2D eigenvalue weighted by atomic mass is 10.2. The van der Waals surface area contributed by atoms with Crippen molar-refractivity contribution < 1.29 is 22.8 Å². The van der Waals surface area contributed by atoms with E-state index in [0.717, 1.165) is 18.3 Å². The van der Waals surface area contributed by atoms with Crippen molar-refractivity contribution in [2.45, 2.75) is 20.1 Å². The highest BCUT2D eigenvalue weighted by molar-refractivity contribution is 5.45. The summed E-state index contributed by atoms with van der Waals surface area (Å²) in [6.45, 7) is -1.75. The predicted octanol–water partition coefficient (Wildman–Crippen LogP) is 3.21. The molecule has 0 spiro atoms. The van der Waals surface area contributed by atoms with E-state index in [0.29, 0.717) is 4.57 Å². The number of imidazole rings is 1. The van der Waals surface area contributed by atoms with E-state index in [1.165, 1.54) is 13.1 Å². The van der Waals surface area contributed by atoms with Crippen LogP contribution in [0, 0.1) is 22.9 Å². The molecule has 0 amide bonds. The topological polar surface area (TPSA) is 70.2 Å². The number of aryl methyl sites for hydroxylation is 1. The van der Waals surface area contributed by atoms with Crippen LogP contribution in [0.25, 0.3) is 0 Å². The first-order valence-corrected chi connectivity index (χ1v) is 5.77. The molecule has 0 N–H and O–H groups in total. The van der Waals surface area contributed by atoms with Gasteiger partial charge in [-0.1, -0.05) is 0 Å². The molecule has 0 aliphatic carbocycles. The van der Waals surface area contributed by atoms with Crippen LogP contribution in [0.5, 0.6) is 5.75 Å². The first-order chi connectivity index (χ1) is 9.90. The normalized spacial score (nSPS) is 10.9. The predicted molar refractivity (Wildman–Crippen MR) is 65.6 cm³/mol. The molecule has 0 bridgehead atoms. The summed E-state index contributed by atoms with van der Waals surface area (Å²) in [6.07, 6.45) is 2.24. The summed E-state index contributed by atoms with van der Waals surface area (Å²) < 4.78 is 44.5. The second kappa shape index (κ2) is 5.81. The first kappa shape index (κ1) is 14.8. The monoisotopic (exact) mass is 301 g/mol. The molecule has 0 unspecified atom stereocenters. The fraction of sp³-hybridized carbons (Fsp3) is 0.250. The Morgan fingerprint density at radius 2 is 2.19 bits per heavy atom. The largest absolute Gasteiger partial charge is 0.483 e. The summed E-state index contributed by atoms with van der Waals surface area (Å²) in [7, 11) is 0. The lowest BCUT2D eigenvalue weighted by molar-refractivity contribution is -0.385. The molecule has 2 rings (SSSR count). The number of rotatable bonds is 5. The molecule has 9 heteroatoms. The molecule has 1 aromatic heterocycles. The molecule has 1 aromatic carbocycles. The lowest BCUT2D eigenvalue weighted by Crippen LogP contribution is -2.08. The minimum absolute atomic E-state index is 0.0830. The molecule has 0 radical (unpaired) electrons. The minimum atomic E-state index is -2.78. The average Bonchev–Trinajstić information content (AvgIpc) is 2.87. The lowest BCUT2D eigenvalue weighted by Gasteiger charge is -2.10. The fourth-order valence-electron chi connectivity index (χ4n) is 1.73. The number of hydrogen-bond donors (Lipinski definition) is 0. The third kappa shape index (κ3) is 3.12. The molecule has 0 aliphatic rings. The maximum atomic E-state index is 13.7. The van der Waals surface area contributed by atoms with Crippen molar-refractivity contribution in [2.75, 3.05) is 0 Å². The molecule has 0 saturated carbocycles. The molecular formula is C12H10F3N3O3. The van der Waals surface area contributed by atoms with Crippen molar-refractivity contribution in [1.29, 1.82) is 0 Å². The van der Waals surface area contributed by atoms with E-state index in [2.05, 4.69) is 4.98 Å². The molecule has 0 atom stereocenters. The maximum Gasteiger partial charge on any atom is 0.320 e. The van der Waals surface area contributed by atoms with Crippen molar-refractivity contribution >= 4 is 5.69 Å². The number of nitrogens with zero attached hydrogens (tertiary/aromatic N) is 3. The van der Waals surface area contributed by atoms with Crippen LogP contribution in [0.1, 0.15) is 17.9 Å². The number of benzene rings is 1. The number of halogens is 3. The second-order valence-electron chi connectivity index (χ2n) is 4.14. The number of aromatic nitrogens is 2. The quantitative estimate of drug-likeness (QED) is 0.628. The maximum absolute atomic E-state index is 13.7. The van der Waals surface area contributed by atoms with E-state index in [9.17, 15) is 23.3 Å². The Balaban J connectivity index is 2.19. The standard InChI is InChI=1S/C12H10F3N3O3/c1-7-4-10(8(13)5-9(7)18(19)20)21-6-11-16-2-3-17(11)12(14)15/h2-5,12H,6H2,1H3. The zero-order valence-corrected chi connectivity index (χ0v) is 10.8. The van der Waals surface area contributed by atoms with Gasteiger partial charge < -0.3 is 4.74 Å². The number of ether oxygens (including phenoxy) is 1. The van der Waals surface area contributed by atoms with Crippen molar-refractivity contribution in [2.24, 2.45) is 0 Å². The van der Waals surface area contributed by atoms with E-state index in [-0.39, 0.29) is 29.4 Å². The highest BCUT2D eigenvalue weighted by atomic mass is 19.3. The van der Waals surface area contributed by atoms with Gasteiger partial charge in [0.05, 0.1) is 11.0 Å². The van der Waals surface area contributed by atoms with Crippen LogP contribution >= 0.6 is 0 Å². The first-order valence-electron chi connectivity index (χ1n) is 5.77. The van der Waals surface area contributed by atoms with Gasteiger partial charge >= 0.3 is 6.55 Å². The third-order valence-corrected chi connectivity index (χ3v) is 2.76. The Bertz CT molecular complexity index is 673. The summed E-state index contributed by atoms with van der Waals surface area (Å²) in [5.74, 6) is -1.29. The van der Waals surface area contributed by atoms with Gasteiger partial charge in [0.15, 0.2) is 17.4 Å². The van der Waals surface area contributed by atoms with Gasteiger partial charge in [-0.15, -0.1) is 0 Å². The zero-order valence-electron chi connectivity index (χ0n) is 10.8. The minimum Gasteiger partial charge on any atom is -0.483 e. The Morgan fingerprint density at radius 3 is 2.81 bits per heavy atom. The third-order valence-electron chi connectivity index (χ3n) is 2.76. The summed E-state index contributed by atoms with van der Waals surface area (Å²) in [5, 5.41) is 10.7. The molecule has 21 heavy (non-hydrogen) atoms. The van der Waals surface area contributed by atoms with Gasteiger partial charge in [0.25, 0.3) is 5.69 Å². The van der Waals surface area contributed by atoms with Gasteiger partial charge in [0.1, 0.15) is 6.61 Å². The highest BCUT2D eigenvalue weighted by Gasteiger charge is 2.17. The Morgan fingerprint density at radius 1 is 1.48 bits per heavy atom. The van der Waals surface area contributed by atoms with E-state index in [4.69, 9.17) is 4.74 Å². The van der Waals surface area contributed by atoms with Gasteiger partial charge in [-0.3, -0.25) is 14.7 Å². The second-order valence-corrected chi connectivity index (χ2v) is 4.14. The molecular weight excluding hydrogens is 291 g/mol. The number of nitro groups is 1. The van der Waals surface area contributed by atoms with Gasteiger partial charge in [0, 0.05) is 18.0 Å². The number of nitro benzene ring substituents is 1. The smallest absolute Gasteiger partial charge is 0.320 e. The molecule has 6 nitrogen and oxygen atoms in total. The van der Waals surface area contributed by atoms with Crippen LogP contribution in [-0.2, 0) is 6.61 Å². The van der Waals surface area contributed by atoms with Crippen molar-refractivity contribution in [3.63, 3.8) is 0 Å². The van der Waals surface area contributed by atoms with Gasteiger partial charge in [-0.25, -0.2) is 9.37 Å². The van der Waals surface area contributed by atoms with Crippen LogP contribution in [0.2, 0.25) is 0 Å². The SMILES string of the molecule is Cc1cc(OCc2nccn2C(F)F)c(F)cc1[N+](=O)[O-]. The van der Waals surface area contributed by atoms with Crippen molar-refractivity contribution in [1.82, 2.24) is 9.55 Å². The van der Waals surface area contributed by atoms with Gasteiger partial charge in [-0.05, 0) is 13.0 Å².